The van der Waals surface area contributed by atoms with E-state index in [2.05, 4.69) is 59.9 Å². The third-order valence-corrected chi connectivity index (χ3v) is 14.0. The van der Waals surface area contributed by atoms with Gasteiger partial charge in [-0.2, -0.15) is 0 Å². The molecule has 0 heterocycles. The highest BCUT2D eigenvalue weighted by Crippen LogP contribution is 2.75. The number of nitrogens with one attached hydrogen (secondary N) is 1. The van der Waals surface area contributed by atoms with Gasteiger partial charge in [-0.25, -0.2) is 0 Å². The van der Waals surface area contributed by atoms with Crippen molar-refractivity contribution in [2.75, 3.05) is 13.7 Å². The third-order valence-electron chi connectivity index (χ3n) is 14.0. The summed E-state index contributed by atoms with van der Waals surface area (Å²) in [6, 6.07) is 0. The number of fused-ring (bicyclic) bond motifs is 7. The van der Waals surface area contributed by atoms with Gasteiger partial charge < -0.3 is 15.2 Å². The topological polar surface area (TPSA) is 75.6 Å². The van der Waals surface area contributed by atoms with Crippen molar-refractivity contribution in [3.05, 3.63) is 11.6 Å². The zero-order chi connectivity index (χ0) is 27.9. The van der Waals surface area contributed by atoms with Crippen molar-refractivity contribution in [3.63, 3.8) is 0 Å². The molecule has 0 bridgehead atoms. The van der Waals surface area contributed by atoms with Gasteiger partial charge >= 0.3 is 5.97 Å². The molecule has 5 aliphatic carbocycles. The van der Waals surface area contributed by atoms with Crippen LogP contribution in [-0.4, -0.2) is 36.7 Å². The summed E-state index contributed by atoms with van der Waals surface area (Å²) in [6.45, 7) is 16.8. The normalized spacial score (nSPS) is 49.3. The van der Waals surface area contributed by atoms with E-state index in [1.165, 1.54) is 18.4 Å². The van der Waals surface area contributed by atoms with E-state index < -0.39 is 5.41 Å². The number of hydrogen-bond donors (Lipinski definition) is 2. The van der Waals surface area contributed by atoms with Crippen LogP contribution in [0, 0.1) is 56.7 Å². The summed E-state index contributed by atoms with van der Waals surface area (Å²) in [7, 11) is 1.58. The second-order valence-electron chi connectivity index (χ2n) is 15.4. The predicted molar refractivity (Wildman–Crippen MR) is 150 cm³/mol. The lowest BCUT2D eigenvalue weighted by Crippen LogP contribution is -2.65. The SMILES string of the molecule is CNC(=O)COC(=O)[C@]12CC[C@@H](C)[C@H](C)[C@H]1C1=CC[C@@H]3[C@@]4(C)CC[C@H](O)C(C)(C)[C@@H]4CC[C@@]3(C)[C@]1(C)CC2. The average Bonchev–Trinajstić information content (AvgIpc) is 2.87. The van der Waals surface area contributed by atoms with Crippen LogP contribution in [0.15, 0.2) is 11.6 Å². The molecule has 5 nitrogen and oxygen atoms in total. The molecule has 1 amide bonds. The molecule has 0 aromatic carbocycles. The van der Waals surface area contributed by atoms with Gasteiger partial charge in [0.05, 0.1) is 11.5 Å². The van der Waals surface area contributed by atoms with Gasteiger partial charge in [-0.05, 0) is 109 Å². The van der Waals surface area contributed by atoms with Crippen LogP contribution in [0.2, 0.25) is 0 Å². The van der Waals surface area contributed by atoms with E-state index in [4.69, 9.17) is 4.74 Å². The highest BCUT2D eigenvalue weighted by atomic mass is 16.5. The summed E-state index contributed by atoms with van der Waals surface area (Å²) >= 11 is 0. The Hall–Kier alpha value is -1.36. The molecule has 0 saturated heterocycles. The first-order valence-corrected chi connectivity index (χ1v) is 15.5. The van der Waals surface area contributed by atoms with E-state index in [9.17, 15) is 14.7 Å². The standard InChI is InChI=1S/C33H53NO4/c1-20-11-16-33(28(37)38-19-26(36)34-8)18-17-31(6)22(27(33)21(20)2)9-10-24-30(5)14-13-25(35)29(3,4)23(30)12-15-32(24,31)7/h9,20-21,23-25,27,35H,10-19H2,1-8H3,(H,34,36)/t20-,21+,23+,24-,25+,27+,30+,31-,32-,33+/m1/s1. The van der Waals surface area contributed by atoms with E-state index in [0.717, 1.165) is 44.9 Å². The first-order valence-electron chi connectivity index (χ1n) is 15.5. The van der Waals surface area contributed by atoms with E-state index in [1.807, 2.05) is 0 Å². The molecule has 0 radical (unpaired) electrons. The van der Waals surface area contributed by atoms with Gasteiger partial charge in [-0.1, -0.05) is 60.1 Å². The lowest BCUT2D eigenvalue weighted by atomic mass is 9.33. The third kappa shape index (κ3) is 3.58. The zero-order valence-electron chi connectivity index (χ0n) is 25.3. The molecule has 2 N–H and O–H groups in total. The van der Waals surface area contributed by atoms with Crippen LogP contribution >= 0.6 is 0 Å². The van der Waals surface area contributed by atoms with Crippen molar-refractivity contribution in [3.8, 4) is 0 Å². The van der Waals surface area contributed by atoms with Crippen LogP contribution in [0.5, 0.6) is 0 Å². The van der Waals surface area contributed by atoms with Crippen molar-refractivity contribution in [2.24, 2.45) is 56.7 Å². The molecule has 0 unspecified atom stereocenters. The van der Waals surface area contributed by atoms with Crippen LogP contribution in [0.3, 0.4) is 0 Å². The van der Waals surface area contributed by atoms with Gasteiger partial charge in [0.25, 0.3) is 5.91 Å². The summed E-state index contributed by atoms with van der Waals surface area (Å²) in [5, 5.41) is 13.6. The number of ether oxygens (including phenoxy) is 1. The van der Waals surface area contributed by atoms with Gasteiger partial charge in [0.2, 0.25) is 0 Å². The average molecular weight is 528 g/mol. The van der Waals surface area contributed by atoms with Crippen molar-refractivity contribution >= 4 is 11.9 Å². The molecule has 0 aromatic heterocycles. The summed E-state index contributed by atoms with van der Waals surface area (Å²) in [5.74, 6) is 1.85. The van der Waals surface area contributed by atoms with Gasteiger partial charge in [0.15, 0.2) is 6.61 Å². The molecule has 10 atom stereocenters. The second kappa shape index (κ2) is 9.08. The second-order valence-corrected chi connectivity index (χ2v) is 15.4. The maximum Gasteiger partial charge on any atom is 0.313 e. The summed E-state index contributed by atoms with van der Waals surface area (Å²) < 4.78 is 5.74. The number of aliphatic hydroxyl groups excluding tert-OH is 1. The lowest BCUT2D eigenvalue weighted by molar-refractivity contribution is -0.207. The molecule has 5 rings (SSSR count). The van der Waals surface area contributed by atoms with Crippen molar-refractivity contribution in [1.82, 2.24) is 5.32 Å². The van der Waals surface area contributed by atoms with Crippen LogP contribution in [0.25, 0.3) is 0 Å². The molecular weight excluding hydrogens is 474 g/mol. The smallest absolute Gasteiger partial charge is 0.313 e. The van der Waals surface area contributed by atoms with Gasteiger partial charge in [0, 0.05) is 7.05 Å². The number of allylic oxidation sites excluding steroid dienone is 2. The first kappa shape index (κ1) is 28.2. The minimum atomic E-state index is -0.521. The number of hydrogen-bond acceptors (Lipinski definition) is 4. The Labute approximate surface area is 230 Å². The molecule has 0 aliphatic heterocycles. The maximum atomic E-state index is 13.9. The highest BCUT2D eigenvalue weighted by molar-refractivity contribution is 5.83. The zero-order valence-corrected chi connectivity index (χ0v) is 25.3. The number of aliphatic hydroxyl groups is 1. The van der Waals surface area contributed by atoms with Gasteiger partial charge in [0.1, 0.15) is 0 Å². The monoisotopic (exact) mass is 527 g/mol. The Balaban J connectivity index is 1.55. The van der Waals surface area contributed by atoms with Crippen molar-refractivity contribution in [1.29, 1.82) is 0 Å². The molecular formula is C33H53NO4. The fraction of sp³-hybridized carbons (Fsp3) is 0.879. The van der Waals surface area contributed by atoms with E-state index >= 15 is 0 Å². The number of carbonyl (C=O) groups is 2. The molecule has 0 spiro atoms. The molecule has 5 aliphatic rings. The number of likely N-dealkylation sites (N-methyl/N-ethyl adjacent to an activating group) is 1. The maximum absolute atomic E-state index is 13.9. The first-order chi connectivity index (χ1) is 17.7. The van der Waals surface area contributed by atoms with E-state index in [-0.39, 0.29) is 52.2 Å². The Morgan fingerprint density at radius 3 is 2.37 bits per heavy atom. The van der Waals surface area contributed by atoms with Crippen LogP contribution in [0.4, 0.5) is 0 Å². The minimum absolute atomic E-state index is 0.0463. The fourth-order valence-electron chi connectivity index (χ4n) is 11.2. The summed E-state index contributed by atoms with van der Waals surface area (Å²) in [4.78, 5) is 25.8. The lowest BCUT2D eigenvalue weighted by Gasteiger charge is -2.71. The minimum Gasteiger partial charge on any atom is -0.455 e. The Morgan fingerprint density at radius 1 is 0.974 bits per heavy atom. The highest BCUT2D eigenvalue weighted by Gasteiger charge is 2.69. The Kier molecular flexibility index (Phi) is 6.73. The Bertz CT molecular complexity index is 1020. The molecule has 4 saturated carbocycles. The van der Waals surface area contributed by atoms with Crippen LogP contribution < -0.4 is 5.32 Å². The van der Waals surface area contributed by atoms with Gasteiger partial charge in [-0.3, -0.25) is 9.59 Å². The summed E-state index contributed by atoms with van der Waals surface area (Å²) in [6.07, 6.45) is 11.6. The fourth-order valence-corrected chi connectivity index (χ4v) is 11.2. The van der Waals surface area contributed by atoms with E-state index in [1.54, 1.807) is 7.05 Å². The van der Waals surface area contributed by atoms with Crippen LogP contribution in [-0.2, 0) is 14.3 Å². The number of amides is 1. The van der Waals surface area contributed by atoms with Gasteiger partial charge in [-0.15, -0.1) is 0 Å². The molecule has 5 heteroatoms. The largest absolute Gasteiger partial charge is 0.455 e. The molecule has 38 heavy (non-hydrogen) atoms. The van der Waals surface area contributed by atoms with Crippen LogP contribution in [0.1, 0.15) is 106 Å². The van der Waals surface area contributed by atoms with Crippen molar-refractivity contribution < 1.29 is 19.4 Å². The molecule has 214 valence electrons. The number of carbonyl (C=O) groups excluding carboxylic acids is 2. The molecule has 0 aromatic rings. The predicted octanol–water partition coefficient (Wildman–Crippen LogP) is 6.29. The number of esters is 1. The quantitative estimate of drug-likeness (QED) is 0.334. The Morgan fingerprint density at radius 2 is 1.68 bits per heavy atom. The summed E-state index contributed by atoms with van der Waals surface area (Å²) in [5.41, 5.74) is 1.38. The molecule has 4 fully saturated rings. The number of rotatable bonds is 3. The van der Waals surface area contributed by atoms with E-state index in [0.29, 0.717) is 23.7 Å². The van der Waals surface area contributed by atoms with Crippen molar-refractivity contribution in [2.45, 2.75) is 112 Å².